The van der Waals surface area contributed by atoms with E-state index in [1.54, 1.807) is 43.3 Å². The Morgan fingerprint density at radius 1 is 1.25 bits per heavy atom. The molecule has 0 radical (unpaired) electrons. The summed E-state index contributed by atoms with van der Waals surface area (Å²) in [6, 6.07) is 13.3. The van der Waals surface area contributed by atoms with Crippen LogP contribution in [0.1, 0.15) is 21.8 Å². The molecule has 6 nitrogen and oxygen atoms in total. The van der Waals surface area contributed by atoms with Gasteiger partial charge in [0.15, 0.2) is 0 Å². The molecule has 24 heavy (non-hydrogen) atoms. The number of H-pyrrole nitrogens is 1. The number of hydrogen-bond acceptors (Lipinski definition) is 5. The number of ether oxygens (including phenoxy) is 1. The summed E-state index contributed by atoms with van der Waals surface area (Å²) in [6.07, 6.45) is 1.38. The Labute approximate surface area is 136 Å². The van der Waals surface area contributed by atoms with E-state index in [4.69, 9.17) is 9.15 Å². The summed E-state index contributed by atoms with van der Waals surface area (Å²) in [4.78, 5) is 26.4. The monoisotopic (exact) mass is 320 g/mol. The van der Waals surface area contributed by atoms with Gasteiger partial charge in [-0.15, -0.1) is 0 Å². The minimum Gasteiger partial charge on any atom is -0.457 e. The SMILES string of the molecule is Cc1cc(-c2cccc(OC(=O)c3ccco3)c2)c(C#N)c(=O)[nH]1. The van der Waals surface area contributed by atoms with Crippen molar-refractivity contribution in [1.29, 1.82) is 5.26 Å². The third-order valence-electron chi connectivity index (χ3n) is 3.36. The molecular formula is C18H12N2O4. The zero-order valence-corrected chi connectivity index (χ0v) is 12.7. The van der Waals surface area contributed by atoms with Crippen molar-refractivity contribution in [3.63, 3.8) is 0 Å². The number of aryl methyl sites for hydroxylation is 1. The van der Waals surface area contributed by atoms with Crippen LogP contribution in [-0.4, -0.2) is 11.0 Å². The number of furan rings is 1. The molecule has 0 spiro atoms. The molecule has 0 saturated heterocycles. The zero-order valence-electron chi connectivity index (χ0n) is 12.7. The first kappa shape index (κ1) is 15.3. The Kier molecular flexibility index (Phi) is 4.00. The minimum atomic E-state index is -0.625. The minimum absolute atomic E-state index is 0.00936. The summed E-state index contributed by atoms with van der Waals surface area (Å²) in [6.45, 7) is 1.73. The lowest BCUT2D eigenvalue weighted by molar-refractivity contribution is 0.0701. The number of aromatic amines is 1. The first-order valence-corrected chi connectivity index (χ1v) is 7.08. The van der Waals surface area contributed by atoms with Crippen LogP contribution in [0.15, 0.2) is 57.9 Å². The van der Waals surface area contributed by atoms with Gasteiger partial charge in [-0.1, -0.05) is 12.1 Å². The van der Waals surface area contributed by atoms with E-state index >= 15 is 0 Å². The number of benzene rings is 1. The average molecular weight is 320 g/mol. The number of esters is 1. The van der Waals surface area contributed by atoms with Gasteiger partial charge in [0.25, 0.3) is 5.56 Å². The Morgan fingerprint density at radius 2 is 2.08 bits per heavy atom. The van der Waals surface area contributed by atoms with Gasteiger partial charge >= 0.3 is 5.97 Å². The number of carbonyl (C=O) groups is 1. The largest absolute Gasteiger partial charge is 0.457 e. The third kappa shape index (κ3) is 2.96. The van der Waals surface area contributed by atoms with E-state index < -0.39 is 11.5 Å². The lowest BCUT2D eigenvalue weighted by Gasteiger charge is -2.08. The van der Waals surface area contributed by atoms with Gasteiger partial charge in [-0.3, -0.25) is 4.79 Å². The molecule has 0 fully saturated rings. The maximum absolute atomic E-state index is 11.9. The molecule has 2 heterocycles. The smallest absolute Gasteiger partial charge is 0.379 e. The van der Waals surface area contributed by atoms with Crippen LogP contribution >= 0.6 is 0 Å². The summed E-state index contributed by atoms with van der Waals surface area (Å²) in [5, 5.41) is 9.22. The summed E-state index contributed by atoms with van der Waals surface area (Å²) >= 11 is 0. The molecule has 0 aliphatic rings. The van der Waals surface area contributed by atoms with Crippen LogP contribution in [-0.2, 0) is 0 Å². The van der Waals surface area contributed by atoms with Crippen molar-refractivity contribution in [2.45, 2.75) is 6.92 Å². The number of hydrogen-bond donors (Lipinski definition) is 1. The molecular weight excluding hydrogens is 308 g/mol. The number of carbonyl (C=O) groups excluding carboxylic acids is 1. The number of nitrogens with zero attached hydrogens (tertiary/aromatic N) is 1. The molecule has 0 aliphatic carbocycles. The Balaban J connectivity index is 1.99. The van der Waals surface area contributed by atoms with Crippen LogP contribution in [0, 0.1) is 18.3 Å². The van der Waals surface area contributed by atoms with Crippen LogP contribution in [0.3, 0.4) is 0 Å². The number of nitrogens with one attached hydrogen (secondary N) is 1. The fourth-order valence-corrected chi connectivity index (χ4v) is 2.31. The van der Waals surface area contributed by atoms with Gasteiger partial charge in [0.1, 0.15) is 17.4 Å². The predicted molar refractivity (Wildman–Crippen MR) is 85.6 cm³/mol. The highest BCUT2D eigenvalue weighted by molar-refractivity contribution is 5.88. The number of nitriles is 1. The highest BCUT2D eigenvalue weighted by atomic mass is 16.5. The molecule has 1 N–H and O–H groups in total. The second-order valence-corrected chi connectivity index (χ2v) is 5.08. The number of aromatic nitrogens is 1. The normalized spacial score (nSPS) is 10.2. The lowest BCUT2D eigenvalue weighted by atomic mass is 10.0. The second-order valence-electron chi connectivity index (χ2n) is 5.08. The fourth-order valence-electron chi connectivity index (χ4n) is 2.31. The van der Waals surface area contributed by atoms with Crippen molar-refractivity contribution in [3.05, 3.63) is 76.1 Å². The number of rotatable bonds is 3. The van der Waals surface area contributed by atoms with Crippen LogP contribution < -0.4 is 10.3 Å². The van der Waals surface area contributed by atoms with Crippen LogP contribution in [0.25, 0.3) is 11.1 Å². The van der Waals surface area contributed by atoms with Gasteiger partial charge in [-0.2, -0.15) is 5.26 Å². The van der Waals surface area contributed by atoms with E-state index in [1.807, 2.05) is 6.07 Å². The molecule has 0 amide bonds. The van der Waals surface area contributed by atoms with Gasteiger partial charge in [-0.05, 0) is 42.8 Å². The van der Waals surface area contributed by atoms with Gasteiger partial charge in [0.05, 0.1) is 6.26 Å². The maximum Gasteiger partial charge on any atom is 0.379 e. The molecule has 0 aliphatic heterocycles. The van der Waals surface area contributed by atoms with Crippen molar-refractivity contribution in [3.8, 4) is 22.9 Å². The molecule has 0 saturated carbocycles. The molecule has 0 bridgehead atoms. The van der Waals surface area contributed by atoms with Crippen molar-refractivity contribution >= 4 is 5.97 Å². The molecule has 3 aromatic rings. The predicted octanol–water partition coefficient (Wildman–Crippen LogP) is 3.03. The van der Waals surface area contributed by atoms with Crippen LogP contribution in [0.4, 0.5) is 0 Å². The van der Waals surface area contributed by atoms with E-state index in [0.717, 1.165) is 0 Å². The molecule has 3 rings (SSSR count). The van der Waals surface area contributed by atoms with E-state index in [1.165, 1.54) is 12.3 Å². The van der Waals surface area contributed by atoms with Crippen molar-refractivity contribution in [2.75, 3.05) is 0 Å². The molecule has 2 aromatic heterocycles. The topological polar surface area (TPSA) is 96.1 Å². The van der Waals surface area contributed by atoms with Gasteiger partial charge in [0, 0.05) is 11.3 Å². The van der Waals surface area contributed by atoms with E-state index in [2.05, 4.69) is 4.98 Å². The van der Waals surface area contributed by atoms with E-state index in [0.29, 0.717) is 16.8 Å². The molecule has 1 aromatic carbocycles. The summed E-state index contributed by atoms with van der Waals surface area (Å²) in [5.74, 6) is -0.249. The first-order valence-electron chi connectivity index (χ1n) is 7.08. The van der Waals surface area contributed by atoms with Crippen LogP contribution in [0.2, 0.25) is 0 Å². The van der Waals surface area contributed by atoms with Crippen molar-refractivity contribution < 1.29 is 13.9 Å². The summed E-state index contributed by atoms with van der Waals surface area (Å²) in [5.41, 5.74) is 1.27. The number of pyridine rings is 1. The van der Waals surface area contributed by atoms with Crippen molar-refractivity contribution in [1.82, 2.24) is 4.98 Å². The van der Waals surface area contributed by atoms with E-state index in [-0.39, 0.29) is 17.1 Å². The molecule has 0 atom stereocenters. The Hall–Kier alpha value is -3.59. The zero-order chi connectivity index (χ0) is 17.1. The van der Waals surface area contributed by atoms with Gasteiger partial charge < -0.3 is 14.1 Å². The Morgan fingerprint density at radius 3 is 2.79 bits per heavy atom. The highest BCUT2D eigenvalue weighted by Crippen LogP contribution is 2.26. The third-order valence-corrected chi connectivity index (χ3v) is 3.36. The summed E-state index contributed by atoms with van der Waals surface area (Å²) in [7, 11) is 0. The molecule has 6 heteroatoms. The maximum atomic E-state index is 11.9. The lowest BCUT2D eigenvalue weighted by Crippen LogP contribution is -2.12. The molecule has 118 valence electrons. The average Bonchev–Trinajstić information content (AvgIpc) is 3.09. The van der Waals surface area contributed by atoms with E-state index in [9.17, 15) is 14.9 Å². The first-order chi connectivity index (χ1) is 11.6. The Bertz CT molecular complexity index is 995. The fraction of sp³-hybridized carbons (Fsp3) is 0.0556. The second kappa shape index (κ2) is 6.26. The highest BCUT2D eigenvalue weighted by Gasteiger charge is 2.14. The van der Waals surface area contributed by atoms with Gasteiger partial charge in [0.2, 0.25) is 5.76 Å². The van der Waals surface area contributed by atoms with Crippen LogP contribution in [0.5, 0.6) is 5.75 Å². The van der Waals surface area contributed by atoms with Crippen molar-refractivity contribution in [2.24, 2.45) is 0 Å². The standard InChI is InChI=1S/C18H12N2O4/c1-11-8-14(15(10-19)17(21)20-11)12-4-2-5-13(9-12)24-18(22)16-6-3-7-23-16/h2-9H,1H3,(H,20,21). The quantitative estimate of drug-likeness (QED) is 0.591. The van der Waals surface area contributed by atoms with Gasteiger partial charge in [-0.25, -0.2) is 4.79 Å². The molecule has 0 unspecified atom stereocenters. The summed E-state index contributed by atoms with van der Waals surface area (Å²) < 4.78 is 10.2.